The molecule has 12 heteroatoms. The van der Waals surface area contributed by atoms with E-state index in [0.29, 0.717) is 70.4 Å². The maximum absolute atomic E-state index is 15.3. The van der Waals surface area contributed by atoms with Crippen LogP contribution in [0.4, 0.5) is 10.5 Å². The van der Waals surface area contributed by atoms with Gasteiger partial charge in [-0.05, 0) is 145 Å². The number of amides is 2. The number of hydrogen-bond donors (Lipinski definition) is 4. The molecule has 1 spiro atoms. The van der Waals surface area contributed by atoms with Crippen molar-refractivity contribution in [3.05, 3.63) is 101 Å². The lowest BCUT2D eigenvalue weighted by atomic mass is 9.47. The molecule has 75 heavy (non-hydrogen) atoms. The Kier molecular flexibility index (Phi) is 16.5. The summed E-state index contributed by atoms with van der Waals surface area (Å²) in [5.41, 5.74) is -0.386. The van der Waals surface area contributed by atoms with E-state index >= 15 is 4.79 Å². The maximum atomic E-state index is 15.3. The quantitative estimate of drug-likeness (QED) is 0.0437. The molecule has 10 atom stereocenters. The molecule has 12 nitrogen and oxygen atoms in total. The second kappa shape index (κ2) is 22.6. The van der Waals surface area contributed by atoms with Crippen LogP contribution in [0.1, 0.15) is 172 Å². The van der Waals surface area contributed by atoms with Crippen molar-refractivity contribution in [2.24, 2.45) is 11.3 Å². The summed E-state index contributed by atoms with van der Waals surface area (Å²) in [6.45, 7) is 15.1. The SMILES string of the molecule is CCCCC/C=C\C/C=C\CCCCCCCCNC(=O)O[C@@H]1[C@]2(CC)C=CCN3CC[C@@]4(c5cc([C@@]6(C(C)=O)CC7CN(CCc8c6[nH]c6ccccc86)C[C@](O)(CC)C7)c(C)cc5N(C=O)[C@H]4[C@@]1(O)C(C)=O)[C@@H]32. The average molecular weight is 1030 g/mol. The number of aliphatic hydroxyl groups is 2. The summed E-state index contributed by atoms with van der Waals surface area (Å²) in [4.78, 5) is 68.3. The van der Waals surface area contributed by atoms with Crippen LogP contribution in [0.15, 0.2) is 72.9 Å². The highest BCUT2D eigenvalue weighted by Crippen LogP contribution is 2.68. The number of alkyl carbamates (subject to hydrolysis) is 1. The number of aromatic nitrogens is 1. The molecule has 2 bridgehead atoms. The molecule has 2 amide bonds. The zero-order valence-corrected chi connectivity index (χ0v) is 46.1. The highest BCUT2D eigenvalue weighted by molar-refractivity contribution is 5.98. The third-order valence-corrected chi connectivity index (χ3v) is 19.2. The molecule has 6 aliphatic rings. The van der Waals surface area contributed by atoms with E-state index < -0.39 is 51.5 Å². The molecule has 1 aliphatic carbocycles. The number of nitrogens with one attached hydrogen (secondary N) is 2. The third kappa shape index (κ3) is 9.60. The number of aryl methyl sites for hydroxylation is 1. The largest absolute Gasteiger partial charge is 0.442 e. The van der Waals surface area contributed by atoms with Crippen molar-refractivity contribution in [2.75, 3.05) is 44.2 Å². The fourth-order valence-electron chi connectivity index (χ4n) is 15.8. The number of carbonyl (C=O) groups is 4. The van der Waals surface area contributed by atoms with Gasteiger partial charge in [-0.15, -0.1) is 0 Å². The van der Waals surface area contributed by atoms with Gasteiger partial charge in [0.05, 0.1) is 17.1 Å². The van der Waals surface area contributed by atoms with Crippen LogP contribution < -0.4 is 10.2 Å². The molecular formula is C63H87N5O7. The van der Waals surface area contributed by atoms with Crippen LogP contribution >= 0.6 is 0 Å². The molecule has 9 rings (SSSR count). The first kappa shape index (κ1) is 54.9. The number of nitrogens with zero attached hydrogens (tertiary/aromatic N) is 3. The van der Waals surface area contributed by atoms with Crippen molar-refractivity contribution in [1.29, 1.82) is 0 Å². The molecule has 3 aromatic rings. The van der Waals surface area contributed by atoms with Crippen LogP contribution in [0.5, 0.6) is 0 Å². The Morgan fingerprint density at radius 2 is 1.59 bits per heavy atom. The number of rotatable bonds is 22. The van der Waals surface area contributed by atoms with Gasteiger partial charge in [-0.2, -0.15) is 0 Å². The van der Waals surface area contributed by atoms with Crippen LogP contribution in [0, 0.1) is 18.3 Å². The average Bonchev–Trinajstić information content (AvgIpc) is 4.23. The zero-order valence-electron chi connectivity index (χ0n) is 46.1. The fraction of sp³-hybridized carbons (Fsp3) is 0.619. The first-order chi connectivity index (χ1) is 36.2. The van der Waals surface area contributed by atoms with Gasteiger partial charge in [-0.1, -0.05) is 120 Å². The van der Waals surface area contributed by atoms with Crippen LogP contribution in [-0.2, 0) is 36.4 Å². The predicted molar refractivity (Wildman–Crippen MR) is 298 cm³/mol. The lowest BCUT2D eigenvalue weighted by Crippen LogP contribution is -2.81. The number of carbonyl (C=O) groups excluding carboxylic acids is 4. The number of aromatic amines is 1. The lowest BCUT2D eigenvalue weighted by Gasteiger charge is -2.63. The van der Waals surface area contributed by atoms with E-state index in [0.717, 1.165) is 96.9 Å². The molecule has 3 fully saturated rings. The van der Waals surface area contributed by atoms with E-state index in [1.54, 1.807) is 11.8 Å². The van der Waals surface area contributed by atoms with Crippen LogP contribution in [0.3, 0.4) is 0 Å². The molecule has 1 aromatic heterocycles. The molecule has 2 saturated heterocycles. The van der Waals surface area contributed by atoms with Gasteiger partial charge in [0.2, 0.25) is 6.41 Å². The number of unbranched alkanes of at least 4 members (excludes halogenated alkanes) is 9. The van der Waals surface area contributed by atoms with Crippen molar-refractivity contribution in [3.63, 3.8) is 0 Å². The fourth-order valence-corrected chi connectivity index (χ4v) is 15.8. The second-order valence-corrected chi connectivity index (χ2v) is 23.7. The molecule has 2 unspecified atom stereocenters. The van der Waals surface area contributed by atoms with E-state index in [1.165, 1.54) is 45.4 Å². The Bertz CT molecular complexity index is 2670. The molecule has 2 aromatic carbocycles. The molecule has 5 aliphatic heterocycles. The number of H-pyrrole nitrogens is 1. The maximum Gasteiger partial charge on any atom is 0.407 e. The Balaban J connectivity index is 1.01. The third-order valence-electron chi connectivity index (χ3n) is 19.2. The monoisotopic (exact) mass is 1030 g/mol. The molecule has 6 heterocycles. The number of ketones is 2. The minimum Gasteiger partial charge on any atom is -0.442 e. The van der Waals surface area contributed by atoms with Crippen molar-refractivity contribution >= 4 is 40.7 Å². The molecule has 1 saturated carbocycles. The summed E-state index contributed by atoms with van der Waals surface area (Å²) in [5.74, 6) is -0.596. The van der Waals surface area contributed by atoms with Gasteiger partial charge in [0.25, 0.3) is 0 Å². The number of para-hydroxylation sites is 1. The number of allylic oxidation sites excluding steroid dienone is 4. The summed E-state index contributed by atoms with van der Waals surface area (Å²) in [6, 6.07) is 11.0. The zero-order chi connectivity index (χ0) is 53.2. The van der Waals surface area contributed by atoms with Crippen molar-refractivity contribution in [1.82, 2.24) is 20.1 Å². The van der Waals surface area contributed by atoms with E-state index in [9.17, 15) is 24.6 Å². The minimum absolute atomic E-state index is 0.00734. The smallest absolute Gasteiger partial charge is 0.407 e. The molecule has 0 radical (unpaired) electrons. The lowest BCUT2D eigenvalue weighted by molar-refractivity contribution is -0.200. The topological polar surface area (TPSA) is 156 Å². The number of ether oxygens (including phenoxy) is 1. The van der Waals surface area contributed by atoms with Crippen molar-refractivity contribution < 1.29 is 34.1 Å². The van der Waals surface area contributed by atoms with E-state index in [1.807, 2.05) is 39.0 Å². The van der Waals surface area contributed by atoms with E-state index in [2.05, 4.69) is 81.7 Å². The standard InChI is InChI=1S/C63H87N5O7/c1-7-10-11-12-13-14-15-16-17-18-19-20-21-22-23-26-33-64-58(72)75-57-60(9-3)31-27-34-67-36-32-61(55(60)67)51-38-50(44(4)37-53(51)68(43-69)56(61)63(57,74)46(6)71)62(45(5)70)40-47-39-59(73,8-2)42-66(41-47)35-30-49-48-28-24-25-29-52(48)65-54(49)62/h13-14,16-17,24-25,27-29,31,37-38,43,47,55-57,65,73-74H,7-12,15,18-23,26,30,32-36,39-42H2,1-6H3,(H,64,72)/b14-13-,17-16-/t47?,55-,56+,57+,59-,60+,61+,62-,63-/m0/s1. The van der Waals surface area contributed by atoms with Gasteiger partial charge in [0.1, 0.15) is 5.78 Å². The van der Waals surface area contributed by atoms with Gasteiger partial charge in [-0.3, -0.25) is 24.2 Å². The summed E-state index contributed by atoms with van der Waals surface area (Å²) in [6.07, 6.45) is 28.7. The minimum atomic E-state index is -2.31. The van der Waals surface area contributed by atoms with E-state index in [-0.39, 0.29) is 17.7 Å². The number of hydrogen-bond acceptors (Lipinski definition) is 9. The van der Waals surface area contributed by atoms with Gasteiger partial charge in [0.15, 0.2) is 17.5 Å². The van der Waals surface area contributed by atoms with Crippen molar-refractivity contribution in [3.8, 4) is 0 Å². The van der Waals surface area contributed by atoms with E-state index in [4.69, 9.17) is 4.74 Å². The summed E-state index contributed by atoms with van der Waals surface area (Å²) in [5, 5.41) is 29.8. The van der Waals surface area contributed by atoms with Gasteiger partial charge in [0, 0.05) is 71.9 Å². The predicted octanol–water partition coefficient (Wildman–Crippen LogP) is 10.6. The number of benzene rings is 2. The van der Waals surface area contributed by atoms with Crippen molar-refractivity contribution in [2.45, 2.75) is 197 Å². The van der Waals surface area contributed by atoms with Crippen LogP contribution in [-0.4, -0.2) is 118 Å². The Morgan fingerprint density at radius 3 is 2.29 bits per heavy atom. The Morgan fingerprint density at radius 1 is 0.853 bits per heavy atom. The first-order valence-corrected chi connectivity index (χ1v) is 29.0. The number of anilines is 1. The number of piperidine rings is 1. The first-order valence-electron chi connectivity index (χ1n) is 29.0. The second-order valence-electron chi connectivity index (χ2n) is 23.7. The normalized spacial score (nSPS) is 31.9. The Labute approximate surface area is 446 Å². The van der Waals surface area contributed by atoms with Gasteiger partial charge < -0.3 is 30.2 Å². The molecule has 4 N–H and O–H groups in total. The van der Waals surface area contributed by atoms with Crippen LogP contribution in [0.2, 0.25) is 0 Å². The van der Waals surface area contributed by atoms with Crippen LogP contribution in [0.25, 0.3) is 10.9 Å². The summed E-state index contributed by atoms with van der Waals surface area (Å²) < 4.78 is 6.52. The van der Waals surface area contributed by atoms with Gasteiger partial charge in [-0.25, -0.2) is 4.79 Å². The Hall–Kier alpha value is -4.88. The van der Waals surface area contributed by atoms with Gasteiger partial charge >= 0.3 is 6.09 Å². The molecule has 406 valence electrons. The molecular weight excluding hydrogens is 939 g/mol. The highest BCUT2D eigenvalue weighted by atomic mass is 16.6. The number of Topliss-reactive ketones (excluding diaryl/α,β-unsaturated/α-hetero) is 2. The number of fused-ring (bicyclic) bond motifs is 6. The summed E-state index contributed by atoms with van der Waals surface area (Å²) in [7, 11) is 0. The summed E-state index contributed by atoms with van der Waals surface area (Å²) >= 11 is 0. The highest BCUT2D eigenvalue weighted by Gasteiger charge is 2.79.